The van der Waals surface area contributed by atoms with Gasteiger partial charge in [-0.2, -0.15) is 0 Å². The zero-order chi connectivity index (χ0) is 26.1. The second-order valence-corrected chi connectivity index (χ2v) is 11.2. The van der Waals surface area contributed by atoms with Crippen LogP contribution in [0.2, 0.25) is 0 Å². The van der Waals surface area contributed by atoms with Crippen molar-refractivity contribution in [2.45, 2.75) is 6.92 Å². The van der Waals surface area contributed by atoms with E-state index in [1.165, 1.54) is 6.08 Å². The summed E-state index contributed by atoms with van der Waals surface area (Å²) in [4.78, 5) is 23.3. The summed E-state index contributed by atoms with van der Waals surface area (Å²) in [7, 11) is -2.56. The molecular weight excluding hydrogens is 483 g/mol. The van der Waals surface area contributed by atoms with E-state index in [4.69, 9.17) is 9.48 Å². The van der Waals surface area contributed by atoms with Gasteiger partial charge in [0.15, 0.2) is 0 Å². The summed E-state index contributed by atoms with van der Waals surface area (Å²) in [6.45, 7) is 1.16. The van der Waals surface area contributed by atoms with Gasteiger partial charge in [-0.15, -0.1) is 0 Å². The van der Waals surface area contributed by atoms with E-state index >= 15 is 0 Å². The van der Waals surface area contributed by atoms with Crippen LogP contribution in [0.15, 0.2) is 126 Å². The van der Waals surface area contributed by atoms with E-state index < -0.39 is 24.5 Å². The standard InChI is InChI=1S/C30H27N2O4P/c1-2-36-30(33)25(23-32(34)35)22-24-14-12-13-21-29(24)31-37(26-15-6-3-7-16-26,27-17-8-4-9-18-27)28-19-10-5-11-20-28/h3-22H,2,23H2,1H3/b25-22+. The van der Waals surface area contributed by atoms with Crippen molar-refractivity contribution in [2.75, 3.05) is 13.2 Å². The molecule has 0 saturated heterocycles. The second kappa shape index (κ2) is 12.1. The summed E-state index contributed by atoms with van der Waals surface area (Å²) >= 11 is 0. The number of rotatable bonds is 9. The minimum absolute atomic E-state index is 0.0300. The molecule has 4 aromatic carbocycles. The van der Waals surface area contributed by atoms with Gasteiger partial charge in [-0.25, -0.2) is 4.79 Å². The van der Waals surface area contributed by atoms with Crippen molar-refractivity contribution >= 4 is 40.7 Å². The van der Waals surface area contributed by atoms with Gasteiger partial charge in [0, 0.05) is 26.4 Å². The molecule has 0 bridgehead atoms. The number of carbonyl (C=O) groups is 1. The SMILES string of the molecule is CCOC(=O)/C(=C/c1ccccc1N=P(c1ccccc1)(c1ccccc1)c1ccccc1)C[N+](=O)[O-]. The fourth-order valence-corrected chi connectivity index (χ4v) is 7.69. The fraction of sp³-hybridized carbons (Fsp3) is 0.100. The molecule has 0 heterocycles. The molecule has 37 heavy (non-hydrogen) atoms. The van der Waals surface area contributed by atoms with Crippen molar-refractivity contribution in [2.24, 2.45) is 4.74 Å². The van der Waals surface area contributed by atoms with Gasteiger partial charge in [0.2, 0.25) is 6.54 Å². The molecule has 0 N–H and O–H groups in total. The predicted molar refractivity (Wildman–Crippen MR) is 150 cm³/mol. The molecular formula is C30H27N2O4P. The average Bonchev–Trinajstić information content (AvgIpc) is 2.93. The number of nitrogens with zero attached hydrogens (tertiary/aromatic N) is 2. The molecule has 7 heteroatoms. The Bertz CT molecular complexity index is 1350. The minimum Gasteiger partial charge on any atom is -0.462 e. The lowest BCUT2D eigenvalue weighted by atomic mass is 10.1. The fourth-order valence-electron chi connectivity index (χ4n) is 4.13. The summed E-state index contributed by atoms with van der Waals surface area (Å²) in [6, 6.07) is 37.9. The van der Waals surface area contributed by atoms with Crippen LogP contribution in [0.25, 0.3) is 6.08 Å². The topological polar surface area (TPSA) is 81.8 Å². The zero-order valence-electron chi connectivity index (χ0n) is 20.4. The molecule has 0 fully saturated rings. The number of hydrogen-bond acceptors (Lipinski definition) is 5. The van der Waals surface area contributed by atoms with Crippen molar-refractivity contribution in [3.8, 4) is 0 Å². The highest BCUT2D eigenvalue weighted by Gasteiger charge is 2.28. The van der Waals surface area contributed by atoms with Crippen molar-refractivity contribution in [3.63, 3.8) is 0 Å². The first-order chi connectivity index (χ1) is 18.0. The van der Waals surface area contributed by atoms with E-state index in [0.717, 1.165) is 15.9 Å². The van der Waals surface area contributed by atoms with Gasteiger partial charge in [-0.1, -0.05) is 109 Å². The molecule has 6 nitrogen and oxygen atoms in total. The number of nitro groups is 1. The van der Waals surface area contributed by atoms with Crippen LogP contribution >= 0.6 is 7.05 Å². The smallest absolute Gasteiger partial charge is 0.340 e. The van der Waals surface area contributed by atoms with Gasteiger partial charge in [0.05, 0.1) is 19.3 Å². The van der Waals surface area contributed by atoms with Crippen molar-refractivity contribution in [1.82, 2.24) is 0 Å². The highest BCUT2D eigenvalue weighted by Crippen LogP contribution is 2.49. The number of benzene rings is 4. The van der Waals surface area contributed by atoms with Crippen LogP contribution in [0.1, 0.15) is 12.5 Å². The van der Waals surface area contributed by atoms with Crippen LogP contribution in [0.4, 0.5) is 5.69 Å². The largest absolute Gasteiger partial charge is 0.462 e. The first kappa shape index (κ1) is 25.8. The maximum atomic E-state index is 12.5. The molecule has 0 aromatic heterocycles. The Hall–Kier alpha value is -4.28. The van der Waals surface area contributed by atoms with Gasteiger partial charge in [-0.3, -0.25) is 14.9 Å². The van der Waals surface area contributed by atoms with Gasteiger partial charge in [0.1, 0.15) is 5.57 Å². The Labute approximate surface area is 216 Å². The van der Waals surface area contributed by atoms with Crippen molar-refractivity contribution in [3.05, 3.63) is 137 Å². The van der Waals surface area contributed by atoms with Gasteiger partial charge >= 0.3 is 5.97 Å². The molecule has 0 aliphatic rings. The molecule has 0 atom stereocenters. The third-order valence-corrected chi connectivity index (χ3v) is 9.40. The number of hydrogen-bond donors (Lipinski definition) is 0. The van der Waals surface area contributed by atoms with E-state index in [1.54, 1.807) is 6.92 Å². The van der Waals surface area contributed by atoms with Gasteiger partial charge in [0.25, 0.3) is 0 Å². The lowest BCUT2D eigenvalue weighted by Crippen LogP contribution is -2.25. The zero-order valence-corrected chi connectivity index (χ0v) is 21.3. The van der Waals surface area contributed by atoms with Crippen LogP contribution < -0.4 is 15.9 Å². The summed E-state index contributed by atoms with van der Waals surface area (Å²) in [5.74, 6) is -0.704. The molecule has 0 unspecified atom stereocenters. The van der Waals surface area contributed by atoms with Crippen LogP contribution in [0.5, 0.6) is 0 Å². The Balaban J connectivity index is 2.05. The highest BCUT2D eigenvalue weighted by atomic mass is 31.2. The summed E-state index contributed by atoms with van der Waals surface area (Å²) in [5, 5.41) is 14.5. The van der Waals surface area contributed by atoms with Gasteiger partial charge in [-0.05, 0) is 19.1 Å². The van der Waals surface area contributed by atoms with Gasteiger partial charge < -0.3 is 4.74 Å². The van der Waals surface area contributed by atoms with Crippen molar-refractivity contribution in [1.29, 1.82) is 0 Å². The highest BCUT2D eigenvalue weighted by molar-refractivity contribution is 7.87. The third-order valence-electron chi connectivity index (χ3n) is 5.75. The number of carbonyl (C=O) groups excluding carboxylic acids is 1. The second-order valence-electron chi connectivity index (χ2n) is 8.18. The lowest BCUT2D eigenvalue weighted by Gasteiger charge is -2.27. The Morgan fingerprint density at radius 3 is 1.73 bits per heavy atom. The van der Waals surface area contributed by atoms with Crippen LogP contribution in [0, 0.1) is 10.1 Å². The quantitative estimate of drug-likeness (QED) is 0.0948. The van der Waals surface area contributed by atoms with Crippen LogP contribution in [0.3, 0.4) is 0 Å². The number of esters is 1. The predicted octanol–water partition coefficient (Wildman–Crippen LogP) is 5.72. The number of ether oxygens (including phenoxy) is 1. The molecule has 0 aliphatic heterocycles. The minimum atomic E-state index is -2.56. The molecule has 186 valence electrons. The Kier molecular flexibility index (Phi) is 8.44. The normalized spacial score (nSPS) is 11.5. The van der Waals surface area contributed by atoms with Crippen molar-refractivity contribution < 1.29 is 14.5 Å². The molecule has 0 radical (unpaired) electrons. The summed E-state index contributed by atoms with van der Waals surface area (Å²) < 4.78 is 10.6. The van der Waals surface area contributed by atoms with Crippen LogP contribution in [-0.2, 0) is 9.53 Å². The first-order valence-corrected chi connectivity index (χ1v) is 13.7. The summed E-state index contributed by atoms with van der Waals surface area (Å²) in [6.07, 6.45) is 1.52. The van der Waals surface area contributed by atoms with E-state index in [9.17, 15) is 14.9 Å². The monoisotopic (exact) mass is 510 g/mol. The van der Waals surface area contributed by atoms with E-state index in [2.05, 4.69) is 36.4 Å². The molecule has 0 spiro atoms. The van der Waals surface area contributed by atoms with E-state index in [1.807, 2.05) is 78.9 Å². The Morgan fingerprint density at radius 2 is 1.27 bits per heavy atom. The Morgan fingerprint density at radius 1 is 0.811 bits per heavy atom. The maximum absolute atomic E-state index is 12.5. The molecule has 0 amide bonds. The average molecular weight is 511 g/mol. The van der Waals surface area contributed by atoms with E-state index in [0.29, 0.717) is 11.3 Å². The lowest BCUT2D eigenvalue weighted by molar-refractivity contribution is -0.470. The molecule has 0 saturated carbocycles. The molecule has 0 aliphatic carbocycles. The first-order valence-electron chi connectivity index (χ1n) is 11.9. The summed E-state index contributed by atoms with van der Waals surface area (Å²) in [5.41, 5.74) is 1.22. The third kappa shape index (κ3) is 5.93. The van der Waals surface area contributed by atoms with E-state index in [-0.39, 0.29) is 12.2 Å². The molecule has 4 rings (SSSR count). The van der Waals surface area contributed by atoms with Crippen LogP contribution in [-0.4, -0.2) is 24.0 Å². The maximum Gasteiger partial charge on any atom is 0.340 e. The molecule has 4 aromatic rings.